The maximum atomic E-state index is 12.6. The molecule has 0 saturated heterocycles. The monoisotopic (exact) mass is 367 g/mol. The van der Waals surface area contributed by atoms with E-state index in [-0.39, 0.29) is 22.4 Å². The fraction of sp³-hybridized carbons (Fsp3) is 0. The van der Waals surface area contributed by atoms with Crippen LogP contribution in [-0.2, 0) is 0 Å². The van der Waals surface area contributed by atoms with Gasteiger partial charge in [-0.05, 0) is 45.8 Å². The quantitative estimate of drug-likeness (QED) is 0.451. The number of hydrogen-bond donors (Lipinski definition) is 1. The molecule has 0 atom stereocenters. The summed E-state index contributed by atoms with van der Waals surface area (Å²) in [6.07, 6.45) is 0. The van der Waals surface area contributed by atoms with E-state index in [0.717, 1.165) is 21.5 Å². The Hall–Kier alpha value is -3.99. The number of aromatic nitrogens is 1. The molecule has 0 aliphatic carbocycles. The van der Waals surface area contributed by atoms with Crippen molar-refractivity contribution in [1.29, 1.82) is 0 Å². The molecule has 0 spiro atoms. The summed E-state index contributed by atoms with van der Waals surface area (Å²) in [7, 11) is 0. The van der Waals surface area contributed by atoms with Crippen LogP contribution in [0, 0.1) is 0 Å². The second-order valence-electron chi connectivity index (χ2n) is 6.53. The Labute approximate surface area is 158 Å². The van der Waals surface area contributed by atoms with E-state index in [0.29, 0.717) is 5.56 Å². The van der Waals surface area contributed by atoms with Crippen molar-refractivity contribution in [3.8, 4) is 11.5 Å². The van der Waals surface area contributed by atoms with Crippen LogP contribution >= 0.6 is 0 Å². The van der Waals surface area contributed by atoms with Gasteiger partial charge in [-0.3, -0.25) is 4.79 Å². The van der Waals surface area contributed by atoms with E-state index in [1.54, 1.807) is 0 Å². The zero-order valence-electron chi connectivity index (χ0n) is 14.5. The molecular formula is C23H13NO4. The van der Waals surface area contributed by atoms with Crippen LogP contribution in [0.5, 0.6) is 0 Å². The smallest absolute Gasteiger partial charge is 0.335 e. The molecule has 134 valence electrons. The highest BCUT2D eigenvalue weighted by Gasteiger charge is 2.16. The number of hydrogen-bond acceptors (Lipinski definition) is 4. The van der Waals surface area contributed by atoms with Crippen LogP contribution < -0.4 is 5.56 Å². The average Bonchev–Trinajstić information content (AvgIpc) is 2.71. The first-order chi connectivity index (χ1) is 13.6. The third-order valence-corrected chi connectivity index (χ3v) is 4.85. The van der Waals surface area contributed by atoms with E-state index < -0.39 is 11.5 Å². The fourth-order valence-electron chi connectivity index (χ4n) is 3.55. The van der Waals surface area contributed by atoms with Crippen molar-refractivity contribution < 1.29 is 14.3 Å². The van der Waals surface area contributed by atoms with Gasteiger partial charge in [0.05, 0.1) is 16.5 Å². The van der Waals surface area contributed by atoms with Crippen LogP contribution in [0.25, 0.3) is 44.0 Å². The van der Waals surface area contributed by atoms with E-state index in [9.17, 15) is 14.7 Å². The molecule has 5 aromatic rings. The third-order valence-electron chi connectivity index (χ3n) is 4.85. The largest absolute Gasteiger partial charge is 0.478 e. The standard InChI is InChI=1S/C23H13NO4/c25-21-18-10-9-15(23(26)27)12-19(18)28-22(24-21)20-16-7-3-1-5-13(16)11-14-6-2-4-8-17(14)20/h1-12H,(H,26,27). The van der Waals surface area contributed by atoms with E-state index in [1.165, 1.54) is 18.2 Å². The van der Waals surface area contributed by atoms with Gasteiger partial charge < -0.3 is 9.52 Å². The van der Waals surface area contributed by atoms with E-state index in [4.69, 9.17) is 4.42 Å². The van der Waals surface area contributed by atoms with Gasteiger partial charge in [-0.25, -0.2) is 4.79 Å². The number of nitrogens with zero attached hydrogens (tertiary/aromatic N) is 1. The Bertz CT molecular complexity index is 1410. The average molecular weight is 367 g/mol. The Morgan fingerprint density at radius 3 is 2.11 bits per heavy atom. The number of rotatable bonds is 2. The summed E-state index contributed by atoms with van der Waals surface area (Å²) in [5, 5.41) is 13.3. The van der Waals surface area contributed by atoms with Crippen molar-refractivity contribution in [1.82, 2.24) is 4.98 Å². The van der Waals surface area contributed by atoms with Crippen molar-refractivity contribution in [3.63, 3.8) is 0 Å². The summed E-state index contributed by atoms with van der Waals surface area (Å²) < 4.78 is 5.96. The van der Waals surface area contributed by atoms with E-state index in [1.807, 2.05) is 48.5 Å². The molecule has 1 N–H and O–H groups in total. The lowest BCUT2D eigenvalue weighted by Crippen LogP contribution is -2.08. The van der Waals surface area contributed by atoms with Crippen molar-refractivity contribution >= 4 is 38.5 Å². The van der Waals surface area contributed by atoms with E-state index >= 15 is 0 Å². The lowest BCUT2D eigenvalue weighted by atomic mass is 9.96. The molecule has 5 rings (SSSR count). The molecule has 0 aliphatic rings. The lowest BCUT2D eigenvalue weighted by molar-refractivity contribution is 0.0697. The Morgan fingerprint density at radius 2 is 1.46 bits per heavy atom. The zero-order valence-corrected chi connectivity index (χ0v) is 14.5. The SMILES string of the molecule is O=C(O)c1ccc2c(=O)nc(-c3c4ccccc4cc4ccccc34)oc2c1. The van der Waals surface area contributed by atoms with Gasteiger partial charge in [0.2, 0.25) is 5.89 Å². The third kappa shape index (κ3) is 2.45. The number of benzene rings is 4. The molecule has 5 nitrogen and oxygen atoms in total. The summed E-state index contributed by atoms with van der Waals surface area (Å²) in [6.45, 7) is 0. The van der Waals surface area contributed by atoms with Crippen molar-refractivity contribution in [3.05, 3.63) is 88.7 Å². The van der Waals surface area contributed by atoms with E-state index in [2.05, 4.69) is 11.1 Å². The molecular weight excluding hydrogens is 354 g/mol. The second kappa shape index (κ2) is 6.03. The topological polar surface area (TPSA) is 80.4 Å². The molecule has 0 fully saturated rings. The van der Waals surface area contributed by atoms with Crippen LogP contribution in [0.4, 0.5) is 0 Å². The number of aromatic carboxylic acids is 1. The lowest BCUT2D eigenvalue weighted by Gasteiger charge is -2.10. The van der Waals surface area contributed by atoms with Gasteiger partial charge in [0, 0.05) is 0 Å². The van der Waals surface area contributed by atoms with Crippen molar-refractivity contribution in [2.75, 3.05) is 0 Å². The van der Waals surface area contributed by atoms with Gasteiger partial charge in [0.15, 0.2) is 0 Å². The summed E-state index contributed by atoms with van der Waals surface area (Å²) >= 11 is 0. The van der Waals surface area contributed by atoms with Gasteiger partial charge in [0.25, 0.3) is 5.56 Å². The molecule has 1 aromatic heterocycles. The van der Waals surface area contributed by atoms with Crippen LogP contribution in [0.15, 0.2) is 82.0 Å². The highest BCUT2D eigenvalue weighted by Crippen LogP contribution is 2.35. The molecule has 0 aliphatic heterocycles. The Morgan fingerprint density at radius 1 is 0.821 bits per heavy atom. The van der Waals surface area contributed by atoms with Crippen LogP contribution in [0.3, 0.4) is 0 Å². The molecule has 1 heterocycles. The van der Waals surface area contributed by atoms with Gasteiger partial charge in [-0.1, -0.05) is 48.5 Å². The minimum atomic E-state index is -1.08. The van der Waals surface area contributed by atoms with Gasteiger partial charge >= 0.3 is 5.97 Å². The number of fused-ring (bicyclic) bond motifs is 3. The van der Waals surface area contributed by atoms with Crippen molar-refractivity contribution in [2.45, 2.75) is 0 Å². The van der Waals surface area contributed by atoms with Gasteiger partial charge in [-0.15, -0.1) is 0 Å². The van der Waals surface area contributed by atoms with Crippen LogP contribution in [0.2, 0.25) is 0 Å². The summed E-state index contributed by atoms with van der Waals surface area (Å²) in [5.74, 6) is -0.911. The van der Waals surface area contributed by atoms with Gasteiger partial charge in [-0.2, -0.15) is 4.98 Å². The highest BCUT2D eigenvalue weighted by molar-refractivity contribution is 6.11. The minimum absolute atomic E-state index is 0.0515. The molecule has 0 unspecified atom stereocenters. The molecule has 5 heteroatoms. The van der Waals surface area contributed by atoms with Crippen LogP contribution in [-0.4, -0.2) is 16.1 Å². The summed E-state index contributed by atoms with van der Waals surface area (Å²) in [4.78, 5) is 28.1. The number of carboxylic acids is 1. The summed E-state index contributed by atoms with van der Waals surface area (Å²) in [5.41, 5.74) is 0.515. The fourth-order valence-corrected chi connectivity index (χ4v) is 3.55. The number of carbonyl (C=O) groups is 1. The first-order valence-electron chi connectivity index (χ1n) is 8.71. The highest BCUT2D eigenvalue weighted by atomic mass is 16.4. The zero-order chi connectivity index (χ0) is 19.3. The number of carboxylic acid groups (broad SMARTS) is 1. The molecule has 0 bridgehead atoms. The molecule has 28 heavy (non-hydrogen) atoms. The second-order valence-corrected chi connectivity index (χ2v) is 6.53. The molecule has 0 amide bonds. The summed E-state index contributed by atoms with van der Waals surface area (Å²) in [6, 6.07) is 21.9. The maximum Gasteiger partial charge on any atom is 0.335 e. The van der Waals surface area contributed by atoms with Gasteiger partial charge in [0.1, 0.15) is 5.58 Å². The Balaban J connectivity index is 1.92. The predicted molar refractivity (Wildman–Crippen MR) is 108 cm³/mol. The predicted octanol–water partition coefficient (Wildman–Crippen LogP) is 4.86. The first kappa shape index (κ1) is 16.2. The molecule has 4 aromatic carbocycles. The minimum Gasteiger partial charge on any atom is -0.478 e. The first-order valence-corrected chi connectivity index (χ1v) is 8.71. The van der Waals surface area contributed by atoms with Crippen molar-refractivity contribution in [2.24, 2.45) is 0 Å². The molecule has 0 saturated carbocycles. The Kier molecular flexibility index (Phi) is 3.49. The van der Waals surface area contributed by atoms with Crippen LogP contribution in [0.1, 0.15) is 10.4 Å². The maximum absolute atomic E-state index is 12.6. The molecule has 0 radical (unpaired) electrons. The normalized spacial score (nSPS) is 11.3.